The first kappa shape index (κ1) is 7.46. The van der Waals surface area contributed by atoms with Gasteiger partial charge < -0.3 is 20.1 Å². The molecular weight excluding hydrogens is 140 g/mol. The van der Waals surface area contributed by atoms with Crippen LogP contribution in [0.25, 0.3) is 0 Å². The Balaban J connectivity index is 2.57. The Morgan fingerprint density at radius 3 is 2.30 bits per heavy atom. The van der Waals surface area contributed by atoms with Crippen LogP contribution in [0.5, 0.6) is 0 Å². The quantitative estimate of drug-likeness (QED) is 0.408. The molecule has 0 unspecified atom stereocenters. The molecule has 0 amide bonds. The Morgan fingerprint density at radius 2 is 2.10 bits per heavy atom. The number of ether oxygens (including phenoxy) is 1. The molecule has 10 heavy (non-hydrogen) atoms. The average Bonchev–Trinajstić information content (AvgIpc) is 2.14. The van der Waals surface area contributed by atoms with Crippen LogP contribution in [0.2, 0.25) is 0 Å². The number of aliphatic hydroxyl groups is 2. The van der Waals surface area contributed by atoms with E-state index in [0.717, 1.165) is 0 Å². The summed E-state index contributed by atoms with van der Waals surface area (Å²) in [5.41, 5.74) is 0. The Labute approximate surface area is 56.9 Å². The van der Waals surface area contributed by atoms with Crippen molar-refractivity contribution < 1.29 is 24.9 Å². The lowest BCUT2D eigenvalue weighted by Gasteiger charge is -2.08. The maximum atomic E-state index is 10.2. The molecule has 1 heterocycles. The summed E-state index contributed by atoms with van der Waals surface area (Å²) in [6.45, 7) is -0.113. The van der Waals surface area contributed by atoms with E-state index in [-0.39, 0.29) is 6.61 Å². The number of carboxylic acids is 1. The van der Waals surface area contributed by atoms with E-state index in [9.17, 15) is 4.79 Å². The van der Waals surface area contributed by atoms with Crippen molar-refractivity contribution in [1.29, 1.82) is 0 Å². The second-order valence-corrected chi connectivity index (χ2v) is 2.15. The Hall–Kier alpha value is -0.650. The molecule has 0 aliphatic carbocycles. The van der Waals surface area contributed by atoms with Crippen molar-refractivity contribution in [2.75, 3.05) is 6.61 Å². The predicted octanol–water partition coefficient (Wildman–Crippen LogP) is -1.81. The van der Waals surface area contributed by atoms with Crippen molar-refractivity contribution in [3.63, 3.8) is 0 Å². The molecule has 3 N–H and O–H groups in total. The minimum absolute atomic E-state index is 0.113. The molecule has 0 aromatic heterocycles. The lowest BCUT2D eigenvalue weighted by molar-refractivity contribution is -0.151. The smallest absolute Gasteiger partial charge is 0.335 e. The molecule has 0 radical (unpaired) electrons. The molecule has 1 saturated heterocycles. The van der Waals surface area contributed by atoms with Crippen LogP contribution in [0.15, 0.2) is 0 Å². The van der Waals surface area contributed by atoms with Gasteiger partial charge in [0.05, 0.1) is 6.61 Å². The van der Waals surface area contributed by atoms with Gasteiger partial charge in [-0.2, -0.15) is 0 Å². The van der Waals surface area contributed by atoms with Gasteiger partial charge >= 0.3 is 5.97 Å². The normalized spacial score (nSPS) is 40.0. The van der Waals surface area contributed by atoms with Crippen LogP contribution in [0.3, 0.4) is 0 Å². The third-order valence-electron chi connectivity index (χ3n) is 1.39. The van der Waals surface area contributed by atoms with Crippen LogP contribution in [0.4, 0.5) is 0 Å². The number of rotatable bonds is 1. The highest BCUT2D eigenvalue weighted by Gasteiger charge is 2.39. The van der Waals surface area contributed by atoms with Gasteiger partial charge in [0, 0.05) is 0 Å². The van der Waals surface area contributed by atoms with Crippen LogP contribution in [-0.2, 0) is 9.53 Å². The molecular formula is C5H8O5. The fourth-order valence-corrected chi connectivity index (χ4v) is 0.819. The van der Waals surface area contributed by atoms with E-state index in [2.05, 4.69) is 4.74 Å². The zero-order chi connectivity index (χ0) is 7.72. The average molecular weight is 148 g/mol. The van der Waals surface area contributed by atoms with Crippen LogP contribution >= 0.6 is 0 Å². The summed E-state index contributed by atoms with van der Waals surface area (Å²) < 4.78 is 4.54. The van der Waals surface area contributed by atoms with E-state index < -0.39 is 24.3 Å². The Bertz CT molecular complexity index is 145. The fourth-order valence-electron chi connectivity index (χ4n) is 0.819. The van der Waals surface area contributed by atoms with Crippen LogP contribution in [-0.4, -0.2) is 46.2 Å². The molecule has 0 saturated carbocycles. The van der Waals surface area contributed by atoms with E-state index in [4.69, 9.17) is 15.3 Å². The minimum atomic E-state index is -1.29. The highest BCUT2D eigenvalue weighted by atomic mass is 16.6. The third-order valence-corrected chi connectivity index (χ3v) is 1.39. The number of hydrogen-bond donors (Lipinski definition) is 3. The summed E-state index contributed by atoms with van der Waals surface area (Å²) in [4.78, 5) is 10.2. The molecule has 1 aliphatic rings. The number of carboxylic acid groups (broad SMARTS) is 1. The summed E-state index contributed by atoms with van der Waals surface area (Å²) in [5.74, 6) is -1.25. The van der Waals surface area contributed by atoms with Crippen molar-refractivity contribution in [2.45, 2.75) is 18.3 Å². The van der Waals surface area contributed by atoms with E-state index in [1.165, 1.54) is 0 Å². The Kier molecular flexibility index (Phi) is 1.89. The number of hydrogen-bond acceptors (Lipinski definition) is 4. The molecule has 3 atom stereocenters. The summed E-state index contributed by atoms with van der Waals surface area (Å²) in [6, 6.07) is 0. The highest BCUT2D eigenvalue weighted by Crippen LogP contribution is 2.13. The van der Waals surface area contributed by atoms with Gasteiger partial charge in [0.1, 0.15) is 12.2 Å². The SMILES string of the molecule is O=C(O)[C@@H]1OC[C@@H](O)[C@H]1O. The lowest BCUT2D eigenvalue weighted by Crippen LogP contribution is -2.35. The first-order chi connectivity index (χ1) is 4.63. The van der Waals surface area contributed by atoms with Crippen LogP contribution in [0.1, 0.15) is 0 Å². The molecule has 1 fully saturated rings. The molecule has 5 heteroatoms. The molecule has 58 valence electrons. The molecule has 1 aliphatic heterocycles. The van der Waals surface area contributed by atoms with Crippen LogP contribution in [0, 0.1) is 0 Å². The van der Waals surface area contributed by atoms with Gasteiger partial charge in [0.15, 0.2) is 6.10 Å². The zero-order valence-corrected chi connectivity index (χ0v) is 5.10. The molecule has 5 nitrogen and oxygen atoms in total. The predicted molar refractivity (Wildman–Crippen MR) is 29.4 cm³/mol. The van der Waals surface area contributed by atoms with E-state index >= 15 is 0 Å². The third kappa shape index (κ3) is 1.11. The lowest BCUT2D eigenvalue weighted by atomic mass is 10.1. The summed E-state index contributed by atoms with van der Waals surface area (Å²) in [5, 5.41) is 26.0. The van der Waals surface area contributed by atoms with Crippen molar-refractivity contribution >= 4 is 5.97 Å². The van der Waals surface area contributed by atoms with Crippen molar-refractivity contribution in [1.82, 2.24) is 0 Å². The summed E-state index contributed by atoms with van der Waals surface area (Å²) in [6.07, 6.45) is -3.63. The second kappa shape index (κ2) is 2.53. The van der Waals surface area contributed by atoms with Crippen molar-refractivity contribution in [2.24, 2.45) is 0 Å². The van der Waals surface area contributed by atoms with Gasteiger partial charge in [0.25, 0.3) is 0 Å². The van der Waals surface area contributed by atoms with Gasteiger partial charge in [-0.05, 0) is 0 Å². The van der Waals surface area contributed by atoms with Gasteiger partial charge in [0.2, 0.25) is 0 Å². The zero-order valence-electron chi connectivity index (χ0n) is 5.10. The molecule has 0 bridgehead atoms. The topological polar surface area (TPSA) is 87.0 Å². The first-order valence-corrected chi connectivity index (χ1v) is 2.83. The maximum absolute atomic E-state index is 10.2. The monoisotopic (exact) mass is 148 g/mol. The number of carbonyl (C=O) groups is 1. The number of aliphatic carboxylic acids is 1. The van der Waals surface area contributed by atoms with Gasteiger partial charge in [-0.1, -0.05) is 0 Å². The van der Waals surface area contributed by atoms with E-state index in [0.29, 0.717) is 0 Å². The van der Waals surface area contributed by atoms with E-state index in [1.54, 1.807) is 0 Å². The number of aliphatic hydroxyl groups excluding tert-OH is 2. The highest BCUT2D eigenvalue weighted by molar-refractivity contribution is 5.73. The maximum Gasteiger partial charge on any atom is 0.335 e. The molecule has 1 rings (SSSR count). The van der Waals surface area contributed by atoms with E-state index in [1.807, 2.05) is 0 Å². The fraction of sp³-hybridized carbons (Fsp3) is 0.800. The summed E-state index contributed by atoms with van der Waals surface area (Å²) in [7, 11) is 0. The van der Waals surface area contributed by atoms with Crippen molar-refractivity contribution in [3.05, 3.63) is 0 Å². The molecule has 0 aromatic rings. The summed E-state index contributed by atoms with van der Waals surface area (Å²) >= 11 is 0. The van der Waals surface area contributed by atoms with Gasteiger partial charge in [-0.3, -0.25) is 0 Å². The first-order valence-electron chi connectivity index (χ1n) is 2.83. The second-order valence-electron chi connectivity index (χ2n) is 2.15. The minimum Gasteiger partial charge on any atom is -0.479 e. The van der Waals surface area contributed by atoms with Gasteiger partial charge in [-0.15, -0.1) is 0 Å². The largest absolute Gasteiger partial charge is 0.479 e. The molecule has 0 spiro atoms. The van der Waals surface area contributed by atoms with Gasteiger partial charge in [-0.25, -0.2) is 4.79 Å². The standard InChI is InChI=1S/C5H8O5/c6-2-1-10-4(3(2)7)5(8)9/h2-4,6-7H,1H2,(H,8,9)/t2-,3-,4-/m1/s1. The van der Waals surface area contributed by atoms with Crippen LogP contribution < -0.4 is 0 Å². The molecule has 0 aromatic carbocycles. The Morgan fingerprint density at radius 1 is 1.50 bits per heavy atom. The van der Waals surface area contributed by atoms with Crippen molar-refractivity contribution in [3.8, 4) is 0 Å².